The summed E-state index contributed by atoms with van der Waals surface area (Å²) in [6.45, 7) is 2.19. The van der Waals surface area contributed by atoms with E-state index in [4.69, 9.17) is 16.7 Å². The van der Waals surface area contributed by atoms with Gasteiger partial charge in [0.2, 0.25) is 5.91 Å². The summed E-state index contributed by atoms with van der Waals surface area (Å²) in [7, 11) is 0. The topological polar surface area (TPSA) is 57.6 Å². The summed E-state index contributed by atoms with van der Waals surface area (Å²) in [6.07, 6.45) is 0.746. The molecule has 1 heterocycles. The van der Waals surface area contributed by atoms with Crippen LogP contribution < -0.4 is 0 Å². The van der Waals surface area contributed by atoms with E-state index in [0.29, 0.717) is 19.4 Å². The number of halogens is 2. The number of hydrogen-bond acceptors (Lipinski definition) is 2. The van der Waals surface area contributed by atoms with E-state index in [2.05, 4.69) is 0 Å². The molecule has 0 aliphatic carbocycles. The highest BCUT2D eigenvalue weighted by molar-refractivity contribution is 6.31. The van der Waals surface area contributed by atoms with Gasteiger partial charge in [-0.05, 0) is 31.9 Å². The van der Waals surface area contributed by atoms with Crippen molar-refractivity contribution in [2.24, 2.45) is 5.92 Å². The summed E-state index contributed by atoms with van der Waals surface area (Å²) in [5.74, 6) is -1.96. The van der Waals surface area contributed by atoms with E-state index in [1.165, 1.54) is 12.1 Å². The molecule has 1 aliphatic heterocycles. The molecule has 21 heavy (non-hydrogen) atoms. The summed E-state index contributed by atoms with van der Waals surface area (Å²) in [4.78, 5) is 24.9. The fourth-order valence-corrected chi connectivity index (χ4v) is 2.95. The number of hydrogen-bond donors (Lipinski definition) is 1. The van der Waals surface area contributed by atoms with Crippen LogP contribution in [0.15, 0.2) is 18.2 Å². The van der Waals surface area contributed by atoms with Gasteiger partial charge in [0.1, 0.15) is 5.82 Å². The van der Waals surface area contributed by atoms with E-state index in [1.807, 2.05) is 6.92 Å². The lowest BCUT2D eigenvalue weighted by Crippen LogP contribution is -2.46. The van der Waals surface area contributed by atoms with Gasteiger partial charge in [-0.2, -0.15) is 0 Å². The Balaban J connectivity index is 2.06. The minimum absolute atomic E-state index is 0.104. The minimum Gasteiger partial charge on any atom is -0.481 e. The molecule has 2 rings (SSSR count). The molecule has 1 amide bonds. The summed E-state index contributed by atoms with van der Waals surface area (Å²) in [6, 6.07) is 4.15. The number of carbonyl (C=O) groups excluding carboxylic acids is 1. The first kappa shape index (κ1) is 15.8. The van der Waals surface area contributed by atoms with Gasteiger partial charge < -0.3 is 10.0 Å². The van der Waals surface area contributed by atoms with Gasteiger partial charge in [-0.25, -0.2) is 4.39 Å². The molecule has 0 spiro atoms. The average Bonchev–Trinajstić information content (AvgIpc) is 2.42. The van der Waals surface area contributed by atoms with Crippen molar-refractivity contribution in [1.82, 2.24) is 4.90 Å². The number of carboxylic acids is 1. The Hall–Kier alpha value is -1.62. The van der Waals surface area contributed by atoms with Gasteiger partial charge in [0.25, 0.3) is 0 Å². The van der Waals surface area contributed by atoms with E-state index >= 15 is 0 Å². The maximum absolute atomic E-state index is 13.7. The van der Waals surface area contributed by atoms with Gasteiger partial charge in [0.15, 0.2) is 0 Å². The van der Waals surface area contributed by atoms with Crippen molar-refractivity contribution >= 4 is 23.5 Å². The van der Waals surface area contributed by atoms with Crippen LogP contribution in [-0.2, 0) is 16.0 Å². The number of amides is 1. The Morgan fingerprint density at radius 2 is 2.19 bits per heavy atom. The van der Waals surface area contributed by atoms with Crippen molar-refractivity contribution in [1.29, 1.82) is 0 Å². The predicted molar refractivity (Wildman–Crippen MR) is 76.6 cm³/mol. The van der Waals surface area contributed by atoms with Crippen molar-refractivity contribution in [3.8, 4) is 0 Å². The van der Waals surface area contributed by atoms with Crippen molar-refractivity contribution in [3.63, 3.8) is 0 Å². The quantitative estimate of drug-likeness (QED) is 0.933. The van der Waals surface area contributed by atoms with Crippen LogP contribution in [0.3, 0.4) is 0 Å². The van der Waals surface area contributed by atoms with Gasteiger partial charge in [-0.3, -0.25) is 9.59 Å². The molecular weight excluding hydrogens is 297 g/mol. The highest BCUT2D eigenvalue weighted by Crippen LogP contribution is 2.25. The van der Waals surface area contributed by atoms with Crippen LogP contribution in [0.25, 0.3) is 0 Å². The Bertz CT molecular complexity index is 544. The number of rotatable bonds is 3. The number of likely N-dealkylation sites (tertiary alicyclic amines) is 1. The molecule has 114 valence electrons. The molecule has 6 heteroatoms. The summed E-state index contributed by atoms with van der Waals surface area (Å²) < 4.78 is 13.7. The van der Waals surface area contributed by atoms with Crippen LogP contribution in [0.4, 0.5) is 4.39 Å². The summed E-state index contributed by atoms with van der Waals surface area (Å²) in [5.41, 5.74) is 0.191. The van der Waals surface area contributed by atoms with E-state index < -0.39 is 17.7 Å². The van der Waals surface area contributed by atoms with Crippen molar-refractivity contribution in [3.05, 3.63) is 34.6 Å². The third-order valence-corrected chi connectivity index (χ3v) is 4.29. The summed E-state index contributed by atoms with van der Waals surface area (Å²) >= 11 is 5.93. The van der Waals surface area contributed by atoms with Crippen LogP contribution in [0.5, 0.6) is 0 Å². The Labute approximate surface area is 127 Å². The van der Waals surface area contributed by atoms with E-state index in [9.17, 15) is 14.0 Å². The molecule has 2 atom stereocenters. The molecular formula is C15H17ClFNO3. The first-order valence-corrected chi connectivity index (χ1v) is 7.23. The number of aliphatic carboxylic acids is 1. The standard InChI is InChI=1S/C15H17ClFNO3/c1-9-7-10(15(20)21)5-6-18(9)14(19)8-11-12(16)3-2-4-13(11)17/h2-4,9-10H,5-8H2,1H3,(H,20,21). The van der Waals surface area contributed by atoms with Gasteiger partial charge >= 0.3 is 5.97 Å². The number of carbonyl (C=O) groups is 2. The van der Waals surface area contributed by atoms with Crippen molar-refractivity contribution < 1.29 is 19.1 Å². The van der Waals surface area contributed by atoms with Gasteiger partial charge in [0.05, 0.1) is 12.3 Å². The minimum atomic E-state index is -0.828. The zero-order valence-electron chi connectivity index (χ0n) is 11.7. The molecule has 1 aromatic rings. The summed E-state index contributed by atoms with van der Waals surface area (Å²) in [5, 5.41) is 9.25. The van der Waals surface area contributed by atoms with Gasteiger partial charge in [-0.15, -0.1) is 0 Å². The lowest BCUT2D eigenvalue weighted by Gasteiger charge is -2.36. The number of nitrogens with zero attached hydrogens (tertiary/aromatic N) is 1. The molecule has 0 radical (unpaired) electrons. The number of piperidine rings is 1. The molecule has 2 unspecified atom stereocenters. The number of benzene rings is 1. The monoisotopic (exact) mass is 313 g/mol. The SMILES string of the molecule is CC1CC(C(=O)O)CCN1C(=O)Cc1c(F)cccc1Cl. The van der Waals surface area contributed by atoms with E-state index in [-0.39, 0.29) is 29.0 Å². The third-order valence-electron chi connectivity index (χ3n) is 3.94. The van der Waals surface area contributed by atoms with Crippen LogP contribution in [0, 0.1) is 11.7 Å². The molecule has 1 aliphatic rings. The average molecular weight is 314 g/mol. The van der Waals surface area contributed by atoms with E-state index in [0.717, 1.165) is 0 Å². The Morgan fingerprint density at radius 3 is 2.76 bits per heavy atom. The normalized spacial score (nSPS) is 22.1. The third kappa shape index (κ3) is 3.53. The molecule has 0 saturated carbocycles. The predicted octanol–water partition coefficient (Wildman–Crippen LogP) is 2.73. The molecule has 1 aromatic carbocycles. The lowest BCUT2D eigenvalue weighted by atomic mass is 9.91. The second kappa shape index (κ2) is 6.43. The molecule has 1 N–H and O–H groups in total. The second-order valence-electron chi connectivity index (χ2n) is 5.37. The van der Waals surface area contributed by atoms with Crippen LogP contribution in [-0.4, -0.2) is 34.5 Å². The lowest BCUT2D eigenvalue weighted by molar-refractivity contribution is -0.147. The smallest absolute Gasteiger partial charge is 0.306 e. The molecule has 0 bridgehead atoms. The zero-order valence-corrected chi connectivity index (χ0v) is 12.4. The zero-order chi connectivity index (χ0) is 15.6. The van der Waals surface area contributed by atoms with Crippen LogP contribution in [0.2, 0.25) is 5.02 Å². The van der Waals surface area contributed by atoms with Crippen molar-refractivity contribution in [2.45, 2.75) is 32.2 Å². The second-order valence-corrected chi connectivity index (χ2v) is 5.78. The largest absolute Gasteiger partial charge is 0.481 e. The molecule has 0 aromatic heterocycles. The van der Waals surface area contributed by atoms with Crippen molar-refractivity contribution in [2.75, 3.05) is 6.54 Å². The fraction of sp³-hybridized carbons (Fsp3) is 0.467. The maximum atomic E-state index is 13.7. The molecule has 1 saturated heterocycles. The highest BCUT2D eigenvalue weighted by Gasteiger charge is 2.32. The van der Waals surface area contributed by atoms with Crippen LogP contribution >= 0.6 is 11.6 Å². The maximum Gasteiger partial charge on any atom is 0.306 e. The Kier molecular flexibility index (Phi) is 4.83. The number of carboxylic acid groups (broad SMARTS) is 1. The van der Waals surface area contributed by atoms with E-state index in [1.54, 1.807) is 11.0 Å². The first-order valence-electron chi connectivity index (χ1n) is 6.85. The van der Waals surface area contributed by atoms with Crippen LogP contribution in [0.1, 0.15) is 25.3 Å². The fourth-order valence-electron chi connectivity index (χ4n) is 2.72. The van der Waals surface area contributed by atoms with Gasteiger partial charge in [0, 0.05) is 23.2 Å². The van der Waals surface area contributed by atoms with Gasteiger partial charge in [-0.1, -0.05) is 17.7 Å². The molecule has 1 fully saturated rings. The Morgan fingerprint density at radius 1 is 1.48 bits per heavy atom. The molecule has 4 nitrogen and oxygen atoms in total. The highest BCUT2D eigenvalue weighted by atomic mass is 35.5. The first-order chi connectivity index (χ1) is 9.90.